The molecule has 1 saturated heterocycles. The quantitative estimate of drug-likeness (QED) is 0.307. The number of halogens is 3. The van der Waals surface area contributed by atoms with Crippen molar-refractivity contribution >= 4 is 45.5 Å². The van der Waals surface area contributed by atoms with Crippen molar-refractivity contribution in [3.05, 3.63) is 60.2 Å². The predicted octanol–water partition coefficient (Wildman–Crippen LogP) is 3.19. The van der Waals surface area contributed by atoms with E-state index in [2.05, 4.69) is 15.6 Å². The van der Waals surface area contributed by atoms with E-state index < -0.39 is 21.5 Å². The van der Waals surface area contributed by atoms with E-state index >= 15 is 0 Å². The number of hydrogen-bond donors (Lipinski definition) is 2. The van der Waals surface area contributed by atoms with Crippen LogP contribution in [0, 0.1) is 11.6 Å². The van der Waals surface area contributed by atoms with Crippen molar-refractivity contribution in [3.8, 4) is 0 Å². The van der Waals surface area contributed by atoms with E-state index in [4.69, 9.17) is 0 Å². The van der Waals surface area contributed by atoms with Crippen LogP contribution in [0.1, 0.15) is 13.3 Å². The fourth-order valence-electron chi connectivity index (χ4n) is 3.41. The van der Waals surface area contributed by atoms with E-state index in [-0.39, 0.29) is 52.9 Å². The highest BCUT2D eigenvalue weighted by Gasteiger charge is 2.27. The molecule has 1 unspecified atom stereocenters. The summed E-state index contributed by atoms with van der Waals surface area (Å²) in [5.41, 5.74) is -0.0160. The molecule has 3 rings (SSSR count). The molecule has 0 radical (unpaired) electrons. The molecular weight excluding hydrogens is 537 g/mol. The first kappa shape index (κ1) is 25.3. The summed E-state index contributed by atoms with van der Waals surface area (Å²) in [6.07, 6.45) is 0.681. The third-order valence-corrected chi connectivity index (χ3v) is 6.57. The molecule has 1 aliphatic heterocycles. The van der Waals surface area contributed by atoms with Gasteiger partial charge in [0.15, 0.2) is 15.8 Å². The lowest BCUT2D eigenvalue weighted by Gasteiger charge is -2.21. The van der Waals surface area contributed by atoms with Gasteiger partial charge in [-0.25, -0.2) is 17.2 Å². The van der Waals surface area contributed by atoms with Gasteiger partial charge in [0.1, 0.15) is 17.3 Å². The lowest BCUT2D eigenvalue weighted by atomic mass is 10.2. The van der Waals surface area contributed by atoms with Gasteiger partial charge < -0.3 is 15.5 Å². The van der Waals surface area contributed by atoms with Gasteiger partial charge in [-0.3, -0.25) is 4.99 Å². The summed E-state index contributed by atoms with van der Waals surface area (Å²) in [6, 6.07) is 12.1. The van der Waals surface area contributed by atoms with Crippen LogP contribution >= 0.6 is 24.0 Å². The zero-order valence-corrected chi connectivity index (χ0v) is 20.4. The fourth-order valence-corrected chi connectivity index (χ4v) is 4.55. The third kappa shape index (κ3) is 6.76. The molecule has 0 aromatic heterocycles. The third-order valence-electron chi connectivity index (χ3n) is 4.86. The summed E-state index contributed by atoms with van der Waals surface area (Å²) in [5.74, 6) is -0.781. The monoisotopic (exact) mass is 564 g/mol. The van der Waals surface area contributed by atoms with Crippen LogP contribution in [0.3, 0.4) is 0 Å². The van der Waals surface area contributed by atoms with Crippen LogP contribution in [0.4, 0.5) is 14.5 Å². The number of anilines is 1. The van der Waals surface area contributed by atoms with E-state index in [9.17, 15) is 17.2 Å². The minimum atomic E-state index is -3.41. The molecular formula is C21H27F2IN4O2S. The molecule has 6 nitrogen and oxygen atoms in total. The highest BCUT2D eigenvalue weighted by Crippen LogP contribution is 2.26. The van der Waals surface area contributed by atoms with Crippen molar-refractivity contribution in [1.82, 2.24) is 10.6 Å². The molecule has 0 aliphatic carbocycles. The molecule has 2 aromatic rings. The lowest BCUT2D eigenvalue weighted by Crippen LogP contribution is -2.45. The topological polar surface area (TPSA) is 73.8 Å². The summed E-state index contributed by atoms with van der Waals surface area (Å²) in [7, 11) is -3.41. The highest BCUT2D eigenvalue weighted by molar-refractivity contribution is 14.0. The molecule has 0 saturated carbocycles. The number of nitrogens with one attached hydrogen (secondary N) is 2. The Hall–Kier alpha value is -1.95. The first-order chi connectivity index (χ1) is 14.4. The van der Waals surface area contributed by atoms with Gasteiger partial charge >= 0.3 is 0 Å². The van der Waals surface area contributed by atoms with E-state index in [0.29, 0.717) is 32.0 Å². The van der Waals surface area contributed by atoms with Gasteiger partial charge in [0.25, 0.3) is 0 Å². The first-order valence-electron chi connectivity index (χ1n) is 9.92. The Balaban J connectivity index is 0.00000341. The molecule has 2 aromatic carbocycles. The van der Waals surface area contributed by atoms with Crippen molar-refractivity contribution < 1.29 is 17.2 Å². The Labute approximate surface area is 199 Å². The fraction of sp³-hybridized carbons (Fsp3) is 0.381. The minimum absolute atomic E-state index is 0. The van der Waals surface area contributed by atoms with Crippen LogP contribution in [0.15, 0.2) is 58.4 Å². The molecule has 1 aliphatic rings. The van der Waals surface area contributed by atoms with Gasteiger partial charge in [-0.2, -0.15) is 0 Å². The molecule has 2 N–H and O–H groups in total. The number of para-hydroxylation sites is 1. The molecule has 10 heteroatoms. The Morgan fingerprint density at radius 1 is 1.13 bits per heavy atom. The molecule has 31 heavy (non-hydrogen) atoms. The van der Waals surface area contributed by atoms with Crippen LogP contribution in [0.25, 0.3) is 0 Å². The summed E-state index contributed by atoms with van der Waals surface area (Å²) in [6.45, 7) is 3.55. The van der Waals surface area contributed by atoms with Gasteiger partial charge in [0.2, 0.25) is 0 Å². The average molecular weight is 564 g/mol. The van der Waals surface area contributed by atoms with Crippen LogP contribution in [0.2, 0.25) is 0 Å². The number of guanidine groups is 1. The summed E-state index contributed by atoms with van der Waals surface area (Å²) in [4.78, 5) is 6.32. The zero-order chi connectivity index (χ0) is 21.6. The number of hydrogen-bond acceptors (Lipinski definition) is 4. The van der Waals surface area contributed by atoms with Gasteiger partial charge in [-0.1, -0.05) is 24.3 Å². The van der Waals surface area contributed by atoms with Crippen LogP contribution in [-0.2, 0) is 9.84 Å². The maximum absolute atomic E-state index is 14.0. The van der Waals surface area contributed by atoms with E-state index in [1.54, 1.807) is 35.2 Å². The summed E-state index contributed by atoms with van der Waals surface area (Å²) in [5, 5.41) is 6.33. The standard InChI is InChI=1S/C21H26F2N4O2S.HI/c1-2-24-21(25-12-14-30(28,29)17-7-4-3-5-8-17)26-16-11-13-27(15-16)20-18(22)9-6-10-19(20)23;/h3-10,16H,2,11-15H2,1H3,(H2,24,25,26);1H. The van der Waals surface area contributed by atoms with Crippen LogP contribution in [0.5, 0.6) is 0 Å². The Kier molecular flexibility index (Phi) is 9.48. The van der Waals surface area contributed by atoms with Crippen molar-refractivity contribution in [2.45, 2.75) is 24.3 Å². The molecule has 0 spiro atoms. The van der Waals surface area contributed by atoms with Gasteiger partial charge in [0.05, 0.1) is 17.2 Å². The lowest BCUT2D eigenvalue weighted by molar-refractivity contribution is 0.576. The van der Waals surface area contributed by atoms with Crippen molar-refractivity contribution in [1.29, 1.82) is 0 Å². The summed E-state index contributed by atoms with van der Waals surface area (Å²) < 4.78 is 52.9. The maximum atomic E-state index is 14.0. The van der Waals surface area contributed by atoms with Crippen LogP contribution in [-0.4, -0.2) is 52.4 Å². The number of aliphatic imine (C=N–C) groups is 1. The molecule has 0 amide bonds. The molecule has 170 valence electrons. The predicted molar refractivity (Wildman–Crippen MR) is 130 cm³/mol. The Morgan fingerprint density at radius 2 is 1.81 bits per heavy atom. The highest BCUT2D eigenvalue weighted by atomic mass is 127. The Bertz CT molecular complexity index is 970. The first-order valence-corrected chi connectivity index (χ1v) is 11.6. The van der Waals surface area contributed by atoms with Gasteiger partial charge in [-0.05, 0) is 37.6 Å². The molecule has 1 fully saturated rings. The van der Waals surface area contributed by atoms with Gasteiger partial charge in [-0.15, -0.1) is 24.0 Å². The van der Waals surface area contributed by atoms with E-state index in [0.717, 1.165) is 0 Å². The average Bonchev–Trinajstić information content (AvgIpc) is 3.16. The number of benzene rings is 2. The SMILES string of the molecule is CCNC(=NCCS(=O)(=O)c1ccccc1)NC1CCN(c2c(F)cccc2F)C1.I. The number of nitrogens with zero attached hydrogens (tertiary/aromatic N) is 2. The number of rotatable bonds is 7. The van der Waals surface area contributed by atoms with E-state index in [1.165, 1.54) is 18.2 Å². The molecule has 1 atom stereocenters. The zero-order valence-electron chi connectivity index (χ0n) is 17.2. The van der Waals surface area contributed by atoms with Crippen molar-refractivity contribution in [2.75, 3.05) is 36.8 Å². The summed E-state index contributed by atoms with van der Waals surface area (Å²) >= 11 is 0. The smallest absolute Gasteiger partial charge is 0.191 e. The van der Waals surface area contributed by atoms with Crippen molar-refractivity contribution in [3.63, 3.8) is 0 Å². The second kappa shape index (κ2) is 11.6. The van der Waals surface area contributed by atoms with Crippen LogP contribution < -0.4 is 15.5 Å². The minimum Gasteiger partial charge on any atom is -0.365 e. The number of sulfone groups is 1. The largest absolute Gasteiger partial charge is 0.365 e. The van der Waals surface area contributed by atoms with E-state index in [1.807, 2.05) is 6.92 Å². The van der Waals surface area contributed by atoms with Gasteiger partial charge in [0, 0.05) is 25.7 Å². The van der Waals surface area contributed by atoms with Crippen molar-refractivity contribution in [2.24, 2.45) is 4.99 Å². The Morgan fingerprint density at radius 3 is 2.45 bits per heavy atom. The normalized spacial score (nSPS) is 16.7. The second-order valence-electron chi connectivity index (χ2n) is 7.04. The second-order valence-corrected chi connectivity index (χ2v) is 9.15. The molecule has 1 heterocycles. The maximum Gasteiger partial charge on any atom is 0.191 e. The molecule has 0 bridgehead atoms.